The average molecular weight is 242 g/mol. The third kappa shape index (κ3) is 11.5. The normalized spacial score (nSPS) is 11.6. The summed E-state index contributed by atoms with van der Waals surface area (Å²) in [4.78, 5) is 4.35. The summed E-state index contributed by atoms with van der Waals surface area (Å²) in [5, 5.41) is 3.07. The molecule has 0 radical (unpaired) electrons. The fourth-order valence-corrected chi connectivity index (χ4v) is 1.76. The molecule has 0 aliphatic heterocycles. The van der Waals surface area contributed by atoms with E-state index < -0.39 is 0 Å². The summed E-state index contributed by atoms with van der Waals surface area (Å²) in [6, 6.07) is 0. The first-order valence-electron chi connectivity index (χ1n) is 7.10. The number of guanidine groups is 1. The number of hydrogen-bond donors (Lipinski definition) is 3. The van der Waals surface area contributed by atoms with Gasteiger partial charge in [-0.25, -0.2) is 5.84 Å². The van der Waals surface area contributed by atoms with Crippen LogP contribution in [0, 0.1) is 0 Å². The molecule has 17 heavy (non-hydrogen) atoms. The molecule has 0 amide bonds. The molecule has 0 heterocycles. The van der Waals surface area contributed by atoms with Crippen LogP contribution in [-0.2, 0) is 0 Å². The first kappa shape index (κ1) is 16.2. The second kappa shape index (κ2) is 13.3. The summed E-state index contributed by atoms with van der Waals surface area (Å²) in [6.07, 6.45) is 10.7. The molecule has 4 N–H and O–H groups in total. The lowest BCUT2D eigenvalue weighted by atomic mass is 10.1. The SMILES string of the molecule is CCCCCCCCCCN=C(NN)NCC. The van der Waals surface area contributed by atoms with Gasteiger partial charge in [0.2, 0.25) is 5.96 Å². The molecule has 0 aromatic rings. The van der Waals surface area contributed by atoms with Crippen molar-refractivity contribution in [3.63, 3.8) is 0 Å². The number of unbranched alkanes of at least 4 members (excludes halogenated alkanes) is 7. The van der Waals surface area contributed by atoms with Crippen LogP contribution in [0.2, 0.25) is 0 Å². The number of rotatable bonds is 10. The molecule has 0 aliphatic rings. The lowest BCUT2D eigenvalue weighted by molar-refractivity contribution is 0.578. The van der Waals surface area contributed by atoms with Gasteiger partial charge < -0.3 is 5.32 Å². The van der Waals surface area contributed by atoms with Crippen LogP contribution in [0.4, 0.5) is 0 Å². The van der Waals surface area contributed by atoms with Crippen LogP contribution in [0.1, 0.15) is 65.2 Å². The predicted octanol–water partition coefficient (Wildman–Crippen LogP) is 2.56. The van der Waals surface area contributed by atoms with Crippen LogP contribution in [0.5, 0.6) is 0 Å². The highest BCUT2D eigenvalue weighted by atomic mass is 15.3. The van der Waals surface area contributed by atoms with Gasteiger partial charge in [0, 0.05) is 13.1 Å². The second-order valence-electron chi connectivity index (χ2n) is 4.38. The molecule has 0 spiro atoms. The lowest BCUT2D eigenvalue weighted by Crippen LogP contribution is -2.41. The maximum absolute atomic E-state index is 5.32. The Bertz CT molecular complexity index is 180. The summed E-state index contributed by atoms with van der Waals surface area (Å²) in [6.45, 7) is 6.00. The average Bonchev–Trinajstić information content (AvgIpc) is 2.35. The van der Waals surface area contributed by atoms with Crippen molar-refractivity contribution < 1.29 is 0 Å². The highest BCUT2D eigenvalue weighted by Gasteiger charge is 1.93. The van der Waals surface area contributed by atoms with E-state index in [2.05, 4.69) is 22.7 Å². The van der Waals surface area contributed by atoms with Gasteiger partial charge in [0.15, 0.2) is 0 Å². The Balaban J connectivity index is 3.27. The zero-order chi connectivity index (χ0) is 12.8. The number of nitrogens with two attached hydrogens (primary N) is 1. The van der Waals surface area contributed by atoms with Crippen molar-refractivity contribution in [2.75, 3.05) is 13.1 Å². The van der Waals surface area contributed by atoms with Crippen molar-refractivity contribution in [2.24, 2.45) is 10.8 Å². The monoisotopic (exact) mass is 242 g/mol. The number of aliphatic imine (C=N–C) groups is 1. The molecule has 4 heteroatoms. The van der Waals surface area contributed by atoms with Gasteiger partial charge in [0.1, 0.15) is 0 Å². The molecule has 102 valence electrons. The molecule has 0 atom stereocenters. The Morgan fingerprint density at radius 2 is 1.53 bits per heavy atom. The van der Waals surface area contributed by atoms with E-state index in [4.69, 9.17) is 5.84 Å². The lowest BCUT2D eigenvalue weighted by Gasteiger charge is -2.06. The van der Waals surface area contributed by atoms with Crippen molar-refractivity contribution >= 4 is 5.96 Å². The van der Waals surface area contributed by atoms with E-state index in [1.54, 1.807) is 0 Å². The Hall–Kier alpha value is -0.770. The van der Waals surface area contributed by atoms with Gasteiger partial charge in [-0.1, -0.05) is 51.9 Å². The standard InChI is InChI=1S/C13H30N4/c1-3-5-6-7-8-9-10-11-12-16-13(17-14)15-4-2/h3-12,14H2,1-2H3,(H2,15,16,17). The summed E-state index contributed by atoms with van der Waals surface area (Å²) in [7, 11) is 0. The highest BCUT2D eigenvalue weighted by Crippen LogP contribution is 2.08. The number of nitrogens with zero attached hydrogens (tertiary/aromatic N) is 1. The minimum Gasteiger partial charge on any atom is -0.356 e. The molecule has 0 unspecified atom stereocenters. The maximum Gasteiger partial charge on any atom is 0.205 e. The smallest absolute Gasteiger partial charge is 0.205 e. The molecule has 0 saturated carbocycles. The Labute approximate surface area is 106 Å². The largest absolute Gasteiger partial charge is 0.356 e. The van der Waals surface area contributed by atoms with E-state index in [-0.39, 0.29) is 0 Å². The topological polar surface area (TPSA) is 62.4 Å². The summed E-state index contributed by atoms with van der Waals surface area (Å²) >= 11 is 0. The van der Waals surface area contributed by atoms with Gasteiger partial charge in [-0.15, -0.1) is 0 Å². The van der Waals surface area contributed by atoms with Crippen molar-refractivity contribution in [1.29, 1.82) is 0 Å². The van der Waals surface area contributed by atoms with E-state index in [0.717, 1.165) is 19.5 Å². The molecule has 0 bridgehead atoms. The van der Waals surface area contributed by atoms with E-state index >= 15 is 0 Å². The molecule has 0 fully saturated rings. The van der Waals surface area contributed by atoms with E-state index in [1.807, 2.05) is 6.92 Å². The molecular weight excluding hydrogens is 212 g/mol. The minimum absolute atomic E-state index is 0.704. The zero-order valence-electron chi connectivity index (χ0n) is 11.6. The van der Waals surface area contributed by atoms with Gasteiger partial charge >= 0.3 is 0 Å². The van der Waals surface area contributed by atoms with Crippen LogP contribution in [0.25, 0.3) is 0 Å². The fourth-order valence-electron chi connectivity index (χ4n) is 1.76. The van der Waals surface area contributed by atoms with Crippen LogP contribution in [0.3, 0.4) is 0 Å². The van der Waals surface area contributed by atoms with Crippen LogP contribution in [-0.4, -0.2) is 19.0 Å². The molecule has 0 rings (SSSR count). The van der Waals surface area contributed by atoms with Crippen LogP contribution < -0.4 is 16.6 Å². The number of hydrogen-bond acceptors (Lipinski definition) is 2. The summed E-state index contributed by atoms with van der Waals surface area (Å²) < 4.78 is 0. The quantitative estimate of drug-likeness (QED) is 0.181. The van der Waals surface area contributed by atoms with Crippen molar-refractivity contribution in [3.05, 3.63) is 0 Å². The third-order valence-electron chi connectivity index (χ3n) is 2.76. The van der Waals surface area contributed by atoms with Crippen molar-refractivity contribution in [3.8, 4) is 0 Å². The van der Waals surface area contributed by atoms with Gasteiger partial charge in [0.05, 0.1) is 0 Å². The van der Waals surface area contributed by atoms with Crippen LogP contribution >= 0.6 is 0 Å². The predicted molar refractivity (Wildman–Crippen MR) is 75.9 cm³/mol. The molecule has 0 aromatic carbocycles. The van der Waals surface area contributed by atoms with Crippen molar-refractivity contribution in [1.82, 2.24) is 10.7 Å². The van der Waals surface area contributed by atoms with Gasteiger partial charge in [-0.2, -0.15) is 0 Å². The first-order chi connectivity index (χ1) is 8.35. The van der Waals surface area contributed by atoms with Gasteiger partial charge in [0.25, 0.3) is 0 Å². The molecule has 0 aromatic heterocycles. The third-order valence-corrected chi connectivity index (χ3v) is 2.76. The maximum atomic E-state index is 5.32. The molecular formula is C13H30N4. The van der Waals surface area contributed by atoms with E-state index in [1.165, 1.54) is 44.9 Å². The number of hydrazine groups is 1. The minimum atomic E-state index is 0.704. The first-order valence-corrected chi connectivity index (χ1v) is 7.10. The molecule has 0 aliphatic carbocycles. The van der Waals surface area contributed by atoms with E-state index in [9.17, 15) is 0 Å². The van der Waals surface area contributed by atoms with Gasteiger partial charge in [-0.05, 0) is 13.3 Å². The van der Waals surface area contributed by atoms with E-state index in [0.29, 0.717) is 5.96 Å². The zero-order valence-corrected chi connectivity index (χ0v) is 11.6. The summed E-state index contributed by atoms with van der Waals surface area (Å²) in [5.41, 5.74) is 2.57. The highest BCUT2D eigenvalue weighted by molar-refractivity contribution is 5.78. The van der Waals surface area contributed by atoms with Crippen molar-refractivity contribution in [2.45, 2.75) is 65.2 Å². The Morgan fingerprint density at radius 3 is 2.06 bits per heavy atom. The van der Waals surface area contributed by atoms with Crippen LogP contribution in [0.15, 0.2) is 4.99 Å². The Morgan fingerprint density at radius 1 is 0.941 bits per heavy atom. The Kier molecular flexibility index (Phi) is 12.7. The second-order valence-corrected chi connectivity index (χ2v) is 4.38. The fraction of sp³-hybridized carbons (Fsp3) is 0.923. The number of nitrogens with one attached hydrogen (secondary N) is 2. The molecule has 0 saturated heterocycles. The summed E-state index contributed by atoms with van der Waals surface area (Å²) in [5.74, 6) is 6.03. The molecule has 4 nitrogen and oxygen atoms in total. The van der Waals surface area contributed by atoms with Gasteiger partial charge in [-0.3, -0.25) is 10.4 Å².